The van der Waals surface area contributed by atoms with Gasteiger partial charge in [-0.15, -0.1) is 0 Å². The predicted molar refractivity (Wildman–Crippen MR) is 103 cm³/mol. The molecule has 0 aliphatic heterocycles. The molecule has 4 heteroatoms. The van der Waals surface area contributed by atoms with E-state index in [1.165, 1.54) is 13.0 Å². The minimum Gasteiger partial charge on any atom is -0.300 e. The maximum absolute atomic E-state index is 13.4. The molecule has 0 aromatic heterocycles. The molecule has 0 fully saturated rings. The summed E-state index contributed by atoms with van der Waals surface area (Å²) in [6, 6.07) is 9.92. The topological polar surface area (TPSA) is 54.5 Å². The first-order chi connectivity index (χ1) is 12.3. The monoisotopic (exact) mass is 353 g/mol. The fourth-order valence-electron chi connectivity index (χ4n) is 3.20. The molecule has 0 heterocycles. The minimum atomic E-state index is -0.854. The molecule has 2 atom stereocenters. The lowest BCUT2D eigenvalue weighted by Crippen LogP contribution is -2.52. The van der Waals surface area contributed by atoms with Crippen LogP contribution in [0.15, 0.2) is 54.1 Å². The van der Waals surface area contributed by atoms with Gasteiger partial charge in [-0.1, -0.05) is 49.4 Å². The van der Waals surface area contributed by atoms with Crippen LogP contribution in [-0.2, 0) is 20.9 Å². The third-order valence-electron chi connectivity index (χ3n) is 5.25. The van der Waals surface area contributed by atoms with Gasteiger partial charge in [-0.25, -0.2) is 0 Å². The van der Waals surface area contributed by atoms with Crippen LogP contribution < -0.4 is 0 Å². The Balaban J connectivity index is 2.32. The summed E-state index contributed by atoms with van der Waals surface area (Å²) in [5.41, 5.74) is 0.759. The van der Waals surface area contributed by atoms with Crippen LogP contribution in [0.4, 0.5) is 0 Å². The number of rotatable bonds is 8. The molecule has 4 nitrogen and oxygen atoms in total. The highest BCUT2D eigenvalue weighted by Crippen LogP contribution is 2.31. The minimum absolute atomic E-state index is 0.0544. The number of ketones is 3. The van der Waals surface area contributed by atoms with Crippen LogP contribution in [0, 0.1) is 5.92 Å². The van der Waals surface area contributed by atoms with Crippen LogP contribution in [0.1, 0.15) is 39.2 Å². The average molecular weight is 353 g/mol. The summed E-state index contributed by atoms with van der Waals surface area (Å²) >= 11 is 0. The SMILES string of the molecule is CC(=O)CCC(C)(C(=O)C1=CC=CC(=O)C1C)N(C)Cc1ccccc1. The van der Waals surface area contributed by atoms with Crippen LogP contribution in [0.2, 0.25) is 0 Å². The average Bonchev–Trinajstić information content (AvgIpc) is 2.62. The number of carbonyl (C=O) groups excluding carboxylic acids is 3. The maximum Gasteiger partial charge on any atom is 0.179 e. The van der Waals surface area contributed by atoms with E-state index >= 15 is 0 Å². The number of benzene rings is 1. The summed E-state index contributed by atoms with van der Waals surface area (Å²) in [5.74, 6) is -0.536. The second kappa shape index (κ2) is 8.37. The molecule has 0 saturated heterocycles. The highest BCUT2D eigenvalue weighted by Gasteiger charge is 2.41. The van der Waals surface area contributed by atoms with Gasteiger partial charge in [-0.05, 0) is 39.0 Å². The fourth-order valence-corrected chi connectivity index (χ4v) is 3.20. The largest absolute Gasteiger partial charge is 0.300 e. The van der Waals surface area contributed by atoms with Crippen molar-refractivity contribution in [1.82, 2.24) is 4.90 Å². The Labute approximate surface area is 155 Å². The lowest BCUT2D eigenvalue weighted by molar-refractivity contribution is -0.129. The summed E-state index contributed by atoms with van der Waals surface area (Å²) < 4.78 is 0. The van der Waals surface area contributed by atoms with Crippen LogP contribution in [0.25, 0.3) is 0 Å². The van der Waals surface area contributed by atoms with Crippen LogP contribution >= 0.6 is 0 Å². The van der Waals surface area contributed by atoms with Gasteiger partial charge in [0.05, 0.1) is 5.54 Å². The summed E-state index contributed by atoms with van der Waals surface area (Å²) in [4.78, 5) is 39.0. The molecule has 0 amide bonds. The van der Waals surface area contributed by atoms with Crippen molar-refractivity contribution in [3.05, 3.63) is 59.7 Å². The standard InChI is InChI=1S/C22H27NO3/c1-16(24)13-14-22(3,23(4)15-18-9-6-5-7-10-18)21(26)19-11-8-12-20(25)17(19)2/h5-12,17H,13-15H2,1-4H3. The number of carbonyl (C=O) groups is 3. The Kier molecular flexibility index (Phi) is 6.43. The van der Waals surface area contributed by atoms with E-state index < -0.39 is 11.5 Å². The van der Waals surface area contributed by atoms with E-state index in [9.17, 15) is 14.4 Å². The van der Waals surface area contributed by atoms with Gasteiger partial charge in [-0.2, -0.15) is 0 Å². The van der Waals surface area contributed by atoms with Gasteiger partial charge < -0.3 is 4.79 Å². The molecule has 26 heavy (non-hydrogen) atoms. The molecule has 2 rings (SSSR count). The molecule has 0 N–H and O–H groups in total. The number of hydrogen-bond donors (Lipinski definition) is 0. The molecule has 1 aliphatic carbocycles. The van der Waals surface area contributed by atoms with Gasteiger partial charge in [0.1, 0.15) is 5.78 Å². The second-order valence-electron chi connectivity index (χ2n) is 7.25. The van der Waals surface area contributed by atoms with Crippen molar-refractivity contribution >= 4 is 17.3 Å². The van der Waals surface area contributed by atoms with Gasteiger partial charge in [-0.3, -0.25) is 14.5 Å². The third-order valence-corrected chi connectivity index (χ3v) is 5.25. The van der Waals surface area contributed by atoms with Crippen molar-refractivity contribution in [2.45, 2.75) is 45.7 Å². The van der Waals surface area contributed by atoms with E-state index in [4.69, 9.17) is 0 Å². The van der Waals surface area contributed by atoms with Crippen molar-refractivity contribution in [1.29, 1.82) is 0 Å². The van der Waals surface area contributed by atoms with E-state index in [1.807, 2.05) is 49.2 Å². The quantitative estimate of drug-likeness (QED) is 0.717. The molecule has 2 unspecified atom stereocenters. The van der Waals surface area contributed by atoms with Gasteiger partial charge in [0.15, 0.2) is 11.6 Å². The van der Waals surface area contributed by atoms with Gasteiger partial charge in [0.25, 0.3) is 0 Å². The molecule has 1 aromatic rings. The first-order valence-electron chi connectivity index (χ1n) is 8.97. The van der Waals surface area contributed by atoms with E-state index in [2.05, 4.69) is 0 Å². The highest BCUT2D eigenvalue weighted by atomic mass is 16.1. The highest BCUT2D eigenvalue weighted by molar-refractivity contribution is 6.10. The Hall–Kier alpha value is -2.33. The Morgan fingerprint density at radius 3 is 2.46 bits per heavy atom. The molecular weight excluding hydrogens is 326 g/mol. The Morgan fingerprint density at radius 1 is 1.19 bits per heavy atom. The first-order valence-corrected chi connectivity index (χ1v) is 8.97. The van der Waals surface area contributed by atoms with Gasteiger partial charge in [0.2, 0.25) is 0 Å². The zero-order valence-corrected chi connectivity index (χ0v) is 16.0. The number of hydrogen-bond acceptors (Lipinski definition) is 4. The zero-order chi connectivity index (χ0) is 19.3. The van der Waals surface area contributed by atoms with Crippen LogP contribution in [0.5, 0.6) is 0 Å². The summed E-state index contributed by atoms with van der Waals surface area (Å²) in [5, 5.41) is 0. The Bertz CT molecular complexity index is 748. The zero-order valence-electron chi connectivity index (χ0n) is 16.0. The second-order valence-corrected chi connectivity index (χ2v) is 7.25. The van der Waals surface area contributed by atoms with Crippen molar-refractivity contribution in [3.63, 3.8) is 0 Å². The van der Waals surface area contributed by atoms with E-state index in [-0.39, 0.29) is 17.3 Å². The first kappa shape index (κ1) is 20.0. The molecule has 1 aliphatic rings. The van der Waals surface area contributed by atoms with E-state index in [0.717, 1.165) is 5.56 Å². The Morgan fingerprint density at radius 2 is 1.85 bits per heavy atom. The maximum atomic E-state index is 13.4. The summed E-state index contributed by atoms with van der Waals surface area (Å²) in [6.45, 7) is 5.76. The van der Waals surface area contributed by atoms with E-state index in [0.29, 0.717) is 25.0 Å². The number of nitrogens with zero attached hydrogens (tertiary/aromatic N) is 1. The van der Waals surface area contributed by atoms with Crippen molar-refractivity contribution in [3.8, 4) is 0 Å². The number of likely N-dealkylation sites (N-methyl/N-ethyl adjacent to an activating group) is 1. The fraction of sp³-hybridized carbons (Fsp3) is 0.409. The van der Waals surface area contributed by atoms with Crippen LogP contribution in [0.3, 0.4) is 0 Å². The molecule has 0 saturated carbocycles. The van der Waals surface area contributed by atoms with Gasteiger partial charge in [0, 0.05) is 24.5 Å². The van der Waals surface area contributed by atoms with Crippen LogP contribution in [-0.4, -0.2) is 34.8 Å². The van der Waals surface area contributed by atoms with Crippen molar-refractivity contribution in [2.75, 3.05) is 7.05 Å². The third kappa shape index (κ3) is 4.44. The lowest BCUT2D eigenvalue weighted by Gasteiger charge is -2.39. The molecular formula is C22H27NO3. The smallest absolute Gasteiger partial charge is 0.179 e. The predicted octanol–water partition coefficient (Wildman–Crippen LogP) is 3.52. The van der Waals surface area contributed by atoms with Crippen molar-refractivity contribution in [2.24, 2.45) is 5.92 Å². The summed E-state index contributed by atoms with van der Waals surface area (Å²) in [6.07, 6.45) is 5.62. The molecule has 0 spiro atoms. The summed E-state index contributed by atoms with van der Waals surface area (Å²) in [7, 11) is 1.90. The molecule has 0 bridgehead atoms. The van der Waals surface area contributed by atoms with Gasteiger partial charge >= 0.3 is 0 Å². The number of Topliss-reactive ketones (excluding diaryl/α,β-unsaturated/α-hetero) is 2. The van der Waals surface area contributed by atoms with Crippen molar-refractivity contribution < 1.29 is 14.4 Å². The molecule has 138 valence electrons. The molecule has 1 aromatic carbocycles. The number of allylic oxidation sites excluding steroid dienone is 3. The normalized spacial score (nSPS) is 19.2. The molecule has 0 radical (unpaired) electrons. The van der Waals surface area contributed by atoms with E-state index in [1.54, 1.807) is 19.1 Å². The lowest BCUT2D eigenvalue weighted by atomic mass is 9.78.